The summed E-state index contributed by atoms with van der Waals surface area (Å²) in [5.41, 5.74) is 1.22. The van der Waals surface area contributed by atoms with Gasteiger partial charge in [-0.15, -0.1) is 11.3 Å². The van der Waals surface area contributed by atoms with Crippen LogP contribution in [0.3, 0.4) is 0 Å². The van der Waals surface area contributed by atoms with E-state index in [4.69, 9.17) is 4.74 Å². The van der Waals surface area contributed by atoms with E-state index < -0.39 is 0 Å². The molecule has 0 amide bonds. The summed E-state index contributed by atoms with van der Waals surface area (Å²) < 4.78 is 5.37. The molecule has 0 unspecified atom stereocenters. The summed E-state index contributed by atoms with van der Waals surface area (Å²) in [6.07, 6.45) is 7.56. The van der Waals surface area contributed by atoms with Crippen LogP contribution in [0.25, 0.3) is 0 Å². The maximum Gasteiger partial charge on any atom is 0.172 e. The Hall–Kier alpha value is -0.670. The van der Waals surface area contributed by atoms with Crippen LogP contribution in [0.5, 0.6) is 0 Å². The third kappa shape index (κ3) is 3.90. The smallest absolute Gasteiger partial charge is 0.172 e. The van der Waals surface area contributed by atoms with Crippen LogP contribution in [0, 0.1) is 0 Å². The molecular weight excluding hydrogens is 256 g/mol. The highest BCUT2D eigenvalue weighted by molar-refractivity contribution is 7.14. The molecule has 0 bridgehead atoms. The Labute approximate surface area is 120 Å². The summed E-state index contributed by atoms with van der Waals surface area (Å²) in [6, 6.07) is 2.15. The second kappa shape index (κ2) is 6.19. The summed E-state index contributed by atoms with van der Waals surface area (Å²) in [7, 11) is 1.71. The average molecular weight is 280 g/mol. The molecular formula is C16H24O2S. The molecule has 1 heterocycles. The van der Waals surface area contributed by atoms with E-state index in [1.54, 1.807) is 18.4 Å². The zero-order valence-corrected chi connectivity index (χ0v) is 13.1. The molecule has 106 valence electrons. The van der Waals surface area contributed by atoms with Gasteiger partial charge in [0.25, 0.3) is 0 Å². The molecule has 0 saturated carbocycles. The number of ketones is 1. The van der Waals surface area contributed by atoms with Crippen LogP contribution in [0.4, 0.5) is 0 Å². The van der Waals surface area contributed by atoms with Crippen molar-refractivity contribution in [3.63, 3.8) is 0 Å². The van der Waals surface area contributed by atoms with Gasteiger partial charge in [0.2, 0.25) is 0 Å². The monoisotopic (exact) mass is 280 g/mol. The molecule has 1 aliphatic rings. The van der Waals surface area contributed by atoms with Crippen molar-refractivity contribution < 1.29 is 9.53 Å². The van der Waals surface area contributed by atoms with E-state index in [-0.39, 0.29) is 11.4 Å². The third-order valence-electron chi connectivity index (χ3n) is 4.03. The van der Waals surface area contributed by atoms with Crippen LogP contribution in [0.15, 0.2) is 6.07 Å². The van der Waals surface area contributed by atoms with Crippen molar-refractivity contribution in [3.05, 3.63) is 21.4 Å². The minimum Gasteiger partial charge on any atom is -0.379 e. The number of hydrogen-bond acceptors (Lipinski definition) is 3. The molecule has 0 spiro atoms. The molecule has 1 aromatic rings. The van der Waals surface area contributed by atoms with Crippen LogP contribution in [0.2, 0.25) is 0 Å². The molecule has 19 heavy (non-hydrogen) atoms. The van der Waals surface area contributed by atoms with E-state index in [2.05, 4.69) is 6.07 Å². The summed E-state index contributed by atoms with van der Waals surface area (Å²) in [4.78, 5) is 14.7. The quantitative estimate of drug-likeness (QED) is 0.590. The highest BCUT2D eigenvalue weighted by Gasteiger charge is 2.21. The van der Waals surface area contributed by atoms with Crippen LogP contribution in [0.1, 0.15) is 66.1 Å². The molecule has 0 fully saturated rings. The Morgan fingerprint density at radius 1 is 1.32 bits per heavy atom. The third-order valence-corrected chi connectivity index (χ3v) is 5.31. The topological polar surface area (TPSA) is 26.3 Å². The molecule has 0 atom stereocenters. The van der Waals surface area contributed by atoms with Gasteiger partial charge in [0.15, 0.2) is 5.78 Å². The van der Waals surface area contributed by atoms with Gasteiger partial charge in [0.05, 0.1) is 10.5 Å². The van der Waals surface area contributed by atoms with Crippen molar-refractivity contribution in [3.8, 4) is 0 Å². The van der Waals surface area contributed by atoms with Crippen molar-refractivity contribution in [2.75, 3.05) is 7.11 Å². The zero-order valence-electron chi connectivity index (χ0n) is 12.3. The Kier molecular flexibility index (Phi) is 4.80. The first-order valence-corrected chi connectivity index (χ1v) is 8.03. The highest BCUT2D eigenvalue weighted by atomic mass is 32.1. The molecule has 1 aromatic heterocycles. The Morgan fingerprint density at radius 3 is 2.79 bits per heavy atom. The Morgan fingerprint density at radius 2 is 2.05 bits per heavy atom. The van der Waals surface area contributed by atoms with Gasteiger partial charge in [-0.3, -0.25) is 4.79 Å². The molecule has 2 nitrogen and oxygen atoms in total. The normalized spacial score (nSPS) is 15.9. The maximum atomic E-state index is 12.3. The van der Waals surface area contributed by atoms with Gasteiger partial charge in [0.1, 0.15) is 0 Å². The number of aryl methyl sites for hydroxylation is 2. The van der Waals surface area contributed by atoms with E-state index in [0.717, 1.165) is 24.1 Å². The molecule has 3 heteroatoms. The van der Waals surface area contributed by atoms with Crippen molar-refractivity contribution in [1.82, 2.24) is 0 Å². The van der Waals surface area contributed by atoms with Crippen LogP contribution in [-0.4, -0.2) is 18.5 Å². The second-order valence-corrected chi connectivity index (χ2v) is 7.14. The van der Waals surface area contributed by atoms with E-state index in [9.17, 15) is 4.79 Å². The summed E-state index contributed by atoms with van der Waals surface area (Å²) in [5.74, 6) is 0.281. The molecule has 0 saturated heterocycles. The largest absolute Gasteiger partial charge is 0.379 e. The lowest BCUT2D eigenvalue weighted by molar-refractivity contribution is 0.0142. The number of fused-ring (bicyclic) bond motifs is 1. The first-order chi connectivity index (χ1) is 9.02. The molecule has 1 aliphatic carbocycles. The number of thiophene rings is 1. The second-order valence-electron chi connectivity index (χ2n) is 6.01. The van der Waals surface area contributed by atoms with Crippen LogP contribution < -0.4 is 0 Å². The van der Waals surface area contributed by atoms with Gasteiger partial charge in [0, 0.05) is 18.4 Å². The molecule has 0 N–H and O–H groups in total. The number of hydrogen-bond donors (Lipinski definition) is 0. The summed E-state index contributed by atoms with van der Waals surface area (Å²) in [5, 5.41) is 0. The van der Waals surface area contributed by atoms with Gasteiger partial charge in [-0.25, -0.2) is 0 Å². The Bertz CT molecular complexity index is 422. The molecule has 2 rings (SSSR count). The van der Waals surface area contributed by atoms with Crippen LogP contribution >= 0.6 is 11.3 Å². The lowest BCUT2D eigenvalue weighted by Crippen LogP contribution is -2.23. The van der Waals surface area contributed by atoms with Crippen molar-refractivity contribution in [2.24, 2.45) is 0 Å². The minimum atomic E-state index is -0.204. The predicted octanol–water partition coefficient (Wildman–Crippen LogP) is 4.40. The first-order valence-electron chi connectivity index (χ1n) is 7.22. The van der Waals surface area contributed by atoms with E-state index >= 15 is 0 Å². The van der Waals surface area contributed by atoms with Crippen molar-refractivity contribution in [1.29, 1.82) is 0 Å². The zero-order chi connectivity index (χ0) is 13.9. The van der Waals surface area contributed by atoms with E-state index in [1.807, 2.05) is 13.8 Å². The van der Waals surface area contributed by atoms with Gasteiger partial charge >= 0.3 is 0 Å². The summed E-state index contributed by atoms with van der Waals surface area (Å²) in [6.45, 7) is 4.06. The van der Waals surface area contributed by atoms with Gasteiger partial charge in [-0.1, -0.05) is 6.42 Å². The van der Waals surface area contributed by atoms with E-state index in [0.29, 0.717) is 6.42 Å². The fourth-order valence-corrected chi connectivity index (χ4v) is 3.67. The van der Waals surface area contributed by atoms with Gasteiger partial charge in [-0.05, 0) is 57.6 Å². The van der Waals surface area contributed by atoms with Gasteiger partial charge < -0.3 is 4.74 Å². The fraction of sp³-hybridized carbons (Fsp3) is 0.688. The molecule has 0 radical (unpaired) electrons. The fourth-order valence-electron chi connectivity index (χ4n) is 2.44. The highest BCUT2D eigenvalue weighted by Crippen LogP contribution is 2.30. The van der Waals surface area contributed by atoms with Crippen molar-refractivity contribution in [2.45, 2.75) is 64.4 Å². The minimum absolute atomic E-state index is 0.204. The standard InChI is InChI=1S/C16H24O2S/c1-16(2,18-3)10-9-13(17)15-11-12-7-5-4-6-8-14(12)19-15/h11H,4-10H2,1-3H3. The number of rotatable bonds is 5. The summed E-state index contributed by atoms with van der Waals surface area (Å²) >= 11 is 1.72. The lowest BCUT2D eigenvalue weighted by Gasteiger charge is -2.21. The lowest BCUT2D eigenvalue weighted by atomic mass is 10.00. The number of ether oxygens (including phenoxy) is 1. The van der Waals surface area contributed by atoms with Gasteiger partial charge in [-0.2, -0.15) is 0 Å². The van der Waals surface area contributed by atoms with Crippen molar-refractivity contribution >= 4 is 17.1 Å². The number of Topliss-reactive ketones (excluding diaryl/α,β-unsaturated/α-hetero) is 1. The van der Waals surface area contributed by atoms with E-state index in [1.165, 1.54) is 29.7 Å². The number of methoxy groups -OCH3 is 1. The SMILES string of the molecule is COC(C)(C)CCC(=O)c1cc2c(s1)CCCCC2. The predicted molar refractivity (Wildman–Crippen MR) is 80.2 cm³/mol. The molecule has 0 aliphatic heterocycles. The Balaban J connectivity index is 2.00. The maximum absolute atomic E-state index is 12.3. The first kappa shape index (κ1) is 14.7. The molecule has 0 aromatic carbocycles. The van der Waals surface area contributed by atoms with Crippen LogP contribution in [-0.2, 0) is 17.6 Å². The average Bonchev–Trinajstić information content (AvgIpc) is 2.68. The number of carbonyl (C=O) groups is 1. The number of carbonyl (C=O) groups excluding carboxylic acids is 1.